The molecule has 2 amide bonds. The molecule has 0 spiro atoms. The number of hydrogen-bond donors (Lipinski definition) is 1. The molecule has 1 saturated heterocycles. The number of fused-ring (bicyclic) bond motifs is 1. The van der Waals surface area contributed by atoms with Crippen molar-refractivity contribution in [3.05, 3.63) is 39.3 Å². The van der Waals surface area contributed by atoms with Crippen molar-refractivity contribution in [1.29, 1.82) is 0 Å². The molecule has 0 unspecified atom stereocenters. The molecule has 0 radical (unpaired) electrons. The van der Waals surface area contributed by atoms with Gasteiger partial charge in [-0.2, -0.15) is 13.2 Å². The van der Waals surface area contributed by atoms with E-state index in [-0.39, 0.29) is 23.5 Å². The SMILES string of the molecule is Cc1cc2nc(C(F)(F)F)c(=O)n([C@@H](C)C(=O)NCCCN3CCCC3=O)c2cc1C. The molecular weight excluding hydrogens is 413 g/mol. The van der Waals surface area contributed by atoms with Crippen LogP contribution in [0.2, 0.25) is 0 Å². The highest BCUT2D eigenvalue weighted by Gasteiger charge is 2.38. The number of aryl methyl sites for hydroxylation is 2. The van der Waals surface area contributed by atoms with Gasteiger partial charge in [0.25, 0.3) is 5.56 Å². The molecule has 1 N–H and O–H groups in total. The van der Waals surface area contributed by atoms with E-state index in [1.54, 1.807) is 24.8 Å². The zero-order valence-electron chi connectivity index (χ0n) is 17.7. The van der Waals surface area contributed by atoms with E-state index in [9.17, 15) is 27.6 Å². The van der Waals surface area contributed by atoms with Crippen LogP contribution in [0.25, 0.3) is 11.0 Å². The van der Waals surface area contributed by atoms with Gasteiger partial charge in [0, 0.05) is 26.1 Å². The maximum Gasteiger partial charge on any atom is 0.438 e. The minimum Gasteiger partial charge on any atom is -0.354 e. The van der Waals surface area contributed by atoms with Gasteiger partial charge in [0.05, 0.1) is 11.0 Å². The topological polar surface area (TPSA) is 84.3 Å². The first-order chi connectivity index (χ1) is 14.5. The fourth-order valence-electron chi connectivity index (χ4n) is 3.72. The van der Waals surface area contributed by atoms with E-state index in [2.05, 4.69) is 10.3 Å². The highest BCUT2D eigenvalue weighted by atomic mass is 19.4. The number of carbonyl (C=O) groups is 2. The van der Waals surface area contributed by atoms with Crippen LogP contribution >= 0.6 is 0 Å². The van der Waals surface area contributed by atoms with E-state index in [0.717, 1.165) is 22.1 Å². The Hall–Kier alpha value is -2.91. The van der Waals surface area contributed by atoms with Crippen molar-refractivity contribution in [2.24, 2.45) is 0 Å². The van der Waals surface area contributed by atoms with Gasteiger partial charge in [0.2, 0.25) is 17.5 Å². The molecule has 7 nitrogen and oxygen atoms in total. The molecule has 3 rings (SSSR count). The third kappa shape index (κ3) is 4.72. The smallest absolute Gasteiger partial charge is 0.354 e. The molecule has 0 aliphatic carbocycles. The van der Waals surface area contributed by atoms with Crippen molar-refractivity contribution in [3.63, 3.8) is 0 Å². The highest BCUT2D eigenvalue weighted by molar-refractivity contribution is 5.84. The number of nitrogens with zero attached hydrogens (tertiary/aromatic N) is 3. The minimum atomic E-state index is -4.94. The Kier molecular flexibility index (Phi) is 6.38. The van der Waals surface area contributed by atoms with Gasteiger partial charge in [0.15, 0.2) is 0 Å². The number of rotatable bonds is 6. The summed E-state index contributed by atoms with van der Waals surface area (Å²) in [5.41, 5.74) is -1.23. The van der Waals surface area contributed by atoms with Crippen LogP contribution in [0.3, 0.4) is 0 Å². The van der Waals surface area contributed by atoms with Crippen molar-refractivity contribution in [3.8, 4) is 0 Å². The van der Waals surface area contributed by atoms with Gasteiger partial charge in [-0.05, 0) is 56.9 Å². The molecule has 2 aromatic rings. The lowest BCUT2D eigenvalue weighted by molar-refractivity contribution is -0.142. The number of amides is 2. The first-order valence-corrected chi connectivity index (χ1v) is 10.2. The van der Waals surface area contributed by atoms with E-state index < -0.39 is 29.4 Å². The summed E-state index contributed by atoms with van der Waals surface area (Å²) >= 11 is 0. The van der Waals surface area contributed by atoms with Gasteiger partial charge in [0.1, 0.15) is 6.04 Å². The summed E-state index contributed by atoms with van der Waals surface area (Å²) in [6.45, 7) is 6.33. The summed E-state index contributed by atoms with van der Waals surface area (Å²) in [6, 6.07) is 1.88. The summed E-state index contributed by atoms with van der Waals surface area (Å²) in [5.74, 6) is -0.492. The molecule has 1 atom stereocenters. The summed E-state index contributed by atoms with van der Waals surface area (Å²) in [5, 5.41) is 2.66. The Morgan fingerprint density at radius 2 is 1.90 bits per heavy atom. The largest absolute Gasteiger partial charge is 0.438 e. The number of aromatic nitrogens is 2. The van der Waals surface area contributed by atoms with E-state index in [1.165, 1.54) is 13.0 Å². The molecule has 0 saturated carbocycles. The van der Waals surface area contributed by atoms with Crippen LogP contribution in [0.1, 0.15) is 49.0 Å². The molecule has 1 aromatic heterocycles. The van der Waals surface area contributed by atoms with Gasteiger partial charge >= 0.3 is 6.18 Å². The maximum atomic E-state index is 13.4. The second-order valence-electron chi connectivity index (χ2n) is 7.86. The van der Waals surface area contributed by atoms with Crippen LogP contribution in [0, 0.1) is 13.8 Å². The standard InChI is InChI=1S/C21H25F3N4O3/c1-12-10-15-16(11-13(12)2)28(20(31)18(26-15)21(22,23)24)14(3)19(30)25-7-5-9-27-8-4-6-17(27)29/h10-11,14H,4-9H2,1-3H3,(H,25,30)/t14-/m0/s1. The number of hydrogen-bond acceptors (Lipinski definition) is 4. The Balaban J connectivity index is 1.86. The fraction of sp³-hybridized carbons (Fsp3) is 0.524. The van der Waals surface area contributed by atoms with Crippen molar-refractivity contribution in [2.75, 3.05) is 19.6 Å². The summed E-state index contributed by atoms with van der Waals surface area (Å²) in [6.07, 6.45) is -3.07. The first-order valence-electron chi connectivity index (χ1n) is 10.2. The number of carbonyl (C=O) groups excluding carboxylic acids is 2. The number of alkyl halides is 3. The molecule has 1 aromatic carbocycles. The Bertz CT molecular complexity index is 1080. The molecular formula is C21H25F3N4O3. The second kappa shape index (κ2) is 8.68. The molecule has 0 bridgehead atoms. The predicted octanol–water partition coefficient (Wildman–Crippen LogP) is 2.72. The normalized spacial score (nSPS) is 15.5. The van der Waals surface area contributed by atoms with Crippen molar-refractivity contribution >= 4 is 22.8 Å². The van der Waals surface area contributed by atoms with Gasteiger partial charge in [-0.1, -0.05) is 0 Å². The van der Waals surface area contributed by atoms with E-state index in [1.807, 2.05) is 0 Å². The third-order valence-electron chi connectivity index (χ3n) is 5.61. The van der Waals surface area contributed by atoms with Crippen LogP contribution in [-0.2, 0) is 15.8 Å². The fourth-order valence-corrected chi connectivity index (χ4v) is 3.72. The lowest BCUT2D eigenvalue weighted by Crippen LogP contribution is -2.40. The van der Waals surface area contributed by atoms with Gasteiger partial charge in [-0.15, -0.1) is 0 Å². The quantitative estimate of drug-likeness (QED) is 0.703. The Morgan fingerprint density at radius 1 is 1.23 bits per heavy atom. The predicted molar refractivity (Wildman–Crippen MR) is 109 cm³/mol. The number of benzene rings is 1. The maximum absolute atomic E-state index is 13.4. The van der Waals surface area contributed by atoms with E-state index in [0.29, 0.717) is 25.9 Å². The summed E-state index contributed by atoms with van der Waals surface area (Å²) < 4.78 is 41.1. The molecule has 31 heavy (non-hydrogen) atoms. The van der Waals surface area contributed by atoms with Gasteiger partial charge in [-0.25, -0.2) is 4.98 Å². The highest BCUT2D eigenvalue weighted by Crippen LogP contribution is 2.28. The average Bonchev–Trinajstić information content (AvgIpc) is 3.09. The van der Waals surface area contributed by atoms with Crippen LogP contribution in [0.15, 0.2) is 16.9 Å². The summed E-state index contributed by atoms with van der Waals surface area (Å²) in [7, 11) is 0. The Labute approximate surface area is 177 Å². The molecule has 1 fully saturated rings. The van der Waals surface area contributed by atoms with Crippen LogP contribution in [-0.4, -0.2) is 45.9 Å². The van der Waals surface area contributed by atoms with Gasteiger partial charge in [-0.3, -0.25) is 19.0 Å². The monoisotopic (exact) mass is 438 g/mol. The number of likely N-dealkylation sites (tertiary alicyclic amines) is 1. The molecule has 2 heterocycles. The van der Waals surface area contributed by atoms with Crippen LogP contribution in [0.4, 0.5) is 13.2 Å². The molecule has 1 aliphatic rings. The average molecular weight is 438 g/mol. The van der Waals surface area contributed by atoms with Crippen molar-refractivity contribution in [1.82, 2.24) is 19.8 Å². The summed E-state index contributed by atoms with van der Waals surface area (Å²) in [4.78, 5) is 42.2. The first kappa shape index (κ1) is 22.8. The number of halogens is 3. The zero-order valence-corrected chi connectivity index (χ0v) is 17.7. The lowest BCUT2D eigenvalue weighted by atomic mass is 10.1. The molecule has 1 aliphatic heterocycles. The van der Waals surface area contributed by atoms with Gasteiger partial charge < -0.3 is 10.2 Å². The molecule has 168 valence electrons. The lowest BCUT2D eigenvalue weighted by Gasteiger charge is -2.20. The number of nitrogens with one attached hydrogen (secondary N) is 1. The van der Waals surface area contributed by atoms with E-state index >= 15 is 0 Å². The second-order valence-corrected chi connectivity index (χ2v) is 7.86. The van der Waals surface area contributed by atoms with Crippen LogP contribution < -0.4 is 10.9 Å². The van der Waals surface area contributed by atoms with Crippen LogP contribution in [0.5, 0.6) is 0 Å². The third-order valence-corrected chi connectivity index (χ3v) is 5.61. The zero-order chi connectivity index (χ0) is 22.9. The molecule has 10 heteroatoms. The van der Waals surface area contributed by atoms with E-state index in [4.69, 9.17) is 0 Å². The van der Waals surface area contributed by atoms with Crippen molar-refractivity contribution in [2.45, 2.75) is 52.3 Å². The van der Waals surface area contributed by atoms with Crippen molar-refractivity contribution < 1.29 is 22.8 Å². The minimum absolute atomic E-state index is 0.00206. The Morgan fingerprint density at radius 3 is 2.52 bits per heavy atom.